The molecule has 1 aromatic carbocycles. The van der Waals surface area contributed by atoms with Crippen molar-refractivity contribution in [3.05, 3.63) is 24.3 Å². The molecule has 116 valence electrons. The van der Waals surface area contributed by atoms with Crippen LogP contribution in [-0.2, 0) is 14.8 Å². The molecule has 0 aromatic heterocycles. The van der Waals surface area contributed by atoms with Crippen LogP contribution in [-0.4, -0.2) is 48.1 Å². The fourth-order valence-electron chi connectivity index (χ4n) is 2.25. The molecule has 0 bridgehead atoms. The monoisotopic (exact) mass is 312 g/mol. The number of amides is 1. The first-order chi connectivity index (χ1) is 9.90. The van der Waals surface area contributed by atoms with Crippen LogP contribution < -0.4 is 14.5 Å². The van der Waals surface area contributed by atoms with Gasteiger partial charge in [0.1, 0.15) is 0 Å². The standard InChI is InChI=1S/C14H21N3O3S/c1-16(2)11-9-15-21(19,20)13-7-5-12(6-8-13)17-10-3-4-14(17)18/h5-8,15H,3-4,9-11H2,1-2H3/p+1. The van der Waals surface area contributed by atoms with Gasteiger partial charge in [-0.05, 0) is 30.7 Å². The average molecular weight is 312 g/mol. The zero-order chi connectivity index (χ0) is 15.5. The Morgan fingerprint density at radius 1 is 1.24 bits per heavy atom. The van der Waals surface area contributed by atoms with Crippen molar-refractivity contribution < 1.29 is 18.1 Å². The number of nitrogens with one attached hydrogen (secondary N) is 2. The van der Waals surface area contributed by atoms with Gasteiger partial charge in [-0.1, -0.05) is 0 Å². The van der Waals surface area contributed by atoms with Crippen molar-refractivity contribution in [3.8, 4) is 0 Å². The third-order valence-electron chi connectivity index (χ3n) is 3.45. The minimum atomic E-state index is -3.48. The van der Waals surface area contributed by atoms with Crippen LogP contribution in [0.3, 0.4) is 0 Å². The number of carbonyl (C=O) groups is 1. The molecule has 0 unspecified atom stereocenters. The second-order valence-electron chi connectivity index (χ2n) is 5.50. The Hall–Kier alpha value is -1.44. The number of likely N-dealkylation sites (N-methyl/N-ethyl adjacent to an activating group) is 1. The van der Waals surface area contributed by atoms with Crippen LogP contribution in [0, 0.1) is 0 Å². The van der Waals surface area contributed by atoms with Crippen LogP contribution in [0.4, 0.5) is 5.69 Å². The van der Waals surface area contributed by atoms with Crippen molar-refractivity contribution in [2.45, 2.75) is 17.7 Å². The summed E-state index contributed by atoms with van der Waals surface area (Å²) in [5.41, 5.74) is 0.759. The number of carbonyl (C=O) groups excluding carboxylic acids is 1. The van der Waals surface area contributed by atoms with Gasteiger partial charge in [-0.25, -0.2) is 13.1 Å². The van der Waals surface area contributed by atoms with E-state index in [-0.39, 0.29) is 10.8 Å². The van der Waals surface area contributed by atoms with E-state index < -0.39 is 10.0 Å². The molecule has 2 N–H and O–H groups in total. The second kappa shape index (κ2) is 6.55. The maximum atomic E-state index is 12.1. The lowest BCUT2D eigenvalue weighted by molar-refractivity contribution is -0.856. The molecule has 7 heteroatoms. The topological polar surface area (TPSA) is 70.9 Å². The number of rotatable bonds is 6. The number of sulfonamides is 1. The molecule has 1 fully saturated rings. The molecule has 21 heavy (non-hydrogen) atoms. The number of benzene rings is 1. The lowest BCUT2D eigenvalue weighted by Gasteiger charge is -2.16. The maximum absolute atomic E-state index is 12.1. The Morgan fingerprint density at radius 2 is 1.90 bits per heavy atom. The fraction of sp³-hybridized carbons (Fsp3) is 0.500. The third kappa shape index (κ3) is 4.03. The fourth-order valence-corrected chi connectivity index (χ4v) is 3.28. The van der Waals surface area contributed by atoms with E-state index in [0.717, 1.165) is 18.7 Å². The van der Waals surface area contributed by atoms with Crippen molar-refractivity contribution in [1.82, 2.24) is 4.72 Å². The largest absolute Gasteiger partial charge is 0.339 e. The van der Waals surface area contributed by atoms with E-state index in [0.29, 0.717) is 19.5 Å². The van der Waals surface area contributed by atoms with E-state index in [4.69, 9.17) is 0 Å². The lowest BCUT2D eigenvalue weighted by Crippen LogP contribution is -3.06. The molecule has 0 atom stereocenters. The Balaban J connectivity index is 2.05. The van der Waals surface area contributed by atoms with Crippen molar-refractivity contribution in [2.24, 2.45) is 0 Å². The first-order valence-corrected chi connectivity index (χ1v) is 8.57. The van der Waals surface area contributed by atoms with Crippen molar-refractivity contribution in [1.29, 1.82) is 0 Å². The smallest absolute Gasteiger partial charge is 0.240 e. The number of quaternary nitrogens is 1. The first kappa shape index (κ1) is 15.9. The highest BCUT2D eigenvalue weighted by molar-refractivity contribution is 7.89. The van der Waals surface area contributed by atoms with Gasteiger partial charge in [0, 0.05) is 18.7 Å². The summed E-state index contributed by atoms with van der Waals surface area (Å²) >= 11 is 0. The van der Waals surface area contributed by atoms with Crippen LogP contribution in [0.1, 0.15) is 12.8 Å². The normalized spacial score (nSPS) is 16.0. The summed E-state index contributed by atoms with van der Waals surface area (Å²) in [5, 5.41) is 0. The summed E-state index contributed by atoms with van der Waals surface area (Å²) in [4.78, 5) is 14.8. The minimum Gasteiger partial charge on any atom is -0.339 e. The molecular weight excluding hydrogens is 290 g/mol. The van der Waals surface area contributed by atoms with E-state index in [2.05, 4.69) is 4.72 Å². The minimum absolute atomic E-state index is 0.0951. The van der Waals surface area contributed by atoms with Gasteiger partial charge < -0.3 is 9.80 Å². The summed E-state index contributed by atoms with van der Waals surface area (Å²) < 4.78 is 26.8. The van der Waals surface area contributed by atoms with Crippen LogP contribution in [0.25, 0.3) is 0 Å². The Bertz CT molecular complexity index is 596. The first-order valence-electron chi connectivity index (χ1n) is 7.09. The van der Waals surface area contributed by atoms with E-state index in [9.17, 15) is 13.2 Å². The summed E-state index contributed by atoms with van der Waals surface area (Å²) in [6, 6.07) is 6.47. The molecule has 0 radical (unpaired) electrons. The molecule has 0 saturated carbocycles. The van der Waals surface area contributed by atoms with Gasteiger partial charge in [-0.2, -0.15) is 0 Å². The molecule has 1 amide bonds. The zero-order valence-electron chi connectivity index (χ0n) is 12.4. The highest BCUT2D eigenvalue weighted by atomic mass is 32.2. The maximum Gasteiger partial charge on any atom is 0.240 e. The number of anilines is 1. The summed E-state index contributed by atoms with van der Waals surface area (Å²) in [5.74, 6) is 0.0951. The molecule has 1 saturated heterocycles. The van der Waals surface area contributed by atoms with E-state index in [1.807, 2.05) is 14.1 Å². The van der Waals surface area contributed by atoms with Gasteiger partial charge in [0.25, 0.3) is 0 Å². The Kier molecular flexibility index (Phi) is 4.97. The second-order valence-corrected chi connectivity index (χ2v) is 7.26. The van der Waals surface area contributed by atoms with Crippen molar-refractivity contribution in [3.63, 3.8) is 0 Å². The van der Waals surface area contributed by atoms with Gasteiger partial charge >= 0.3 is 0 Å². The Morgan fingerprint density at radius 3 is 2.43 bits per heavy atom. The number of nitrogens with zero attached hydrogens (tertiary/aromatic N) is 1. The van der Waals surface area contributed by atoms with Gasteiger partial charge in [-0.3, -0.25) is 4.79 Å². The van der Waals surface area contributed by atoms with Gasteiger partial charge in [-0.15, -0.1) is 0 Å². The molecular formula is C14H22N3O3S+. The SMILES string of the molecule is C[NH+](C)CCNS(=O)(=O)c1ccc(N2CCCC2=O)cc1. The van der Waals surface area contributed by atoms with Gasteiger partial charge in [0.05, 0.1) is 32.1 Å². The molecule has 1 heterocycles. The molecule has 6 nitrogen and oxygen atoms in total. The summed E-state index contributed by atoms with van der Waals surface area (Å²) in [6.45, 7) is 1.82. The number of hydrogen-bond donors (Lipinski definition) is 2. The highest BCUT2D eigenvalue weighted by Crippen LogP contribution is 2.22. The Labute approximate surface area is 125 Å². The van der Waals surface area contributed by atoms with E-state index in [1.54, 1.807) is 29.2 Å². The molecule has 1 aliphatic rings. The molecule has 1 aromatic rings. The predicted molar refractivity (Wildman–Crippen MR) is 80.9 cm³/mol. The van der Waals surface area contributed by atoms with Gasteiger partial charge in [0.15, 0.2) is 0 Å². The summed E-state index contributed by atoms with van der Waals surface area (Å²) in [7, 11) is 0.460. The lowest BCUT2D eigenvalue weighted by atomic mass is 10.3. The van der Waals surface area contributed by atoms with Crippen LogP contribution in [0.2, 0.25) is 0 Å². The molecule has 2 rings (SSSR count). The number of hydrogen-bond acceptors (Lipinski definition) is 3. The summed E-state index contributed by atoms with van der Waals surface area (Å²) in [6.07, 6.45) is 1.42. The zero-order valence-corrected chi connectivity index (χ0v) is 13.2. The van der Waals surface area contributed by atoms with Crippen LogP contribution in [0.15, 0.2) is 29.2 Å². The van der Waals surface area contributed by atoms with Crippen molar-refractivity contribution in [2.75, 3.05) is 38.6 Å². The highest BCUT2D eigenvalue weighted by Gasteiger charge is 2.22. The average Bonchev–Trinajstić information content (AvgIpc) is 2.84. The van der Waals surface area contributed by atoms with E-state index >= 15 is 0 Å². The van der Waals surface area contributed by atoms with Crippen LogP contribution >= 0.6 is 0 Å². The van der Waals surface area contributed by atoms with Crippen LogP contribution in [0.5, 0.6) is 0 Å². The molecule has 0 aliphatic carbocycles. The molecule has 0 spiro atoms. The van der Waals surface area contributed by atoms with E-state index in [1.165, 1.54) is 4.90 Å². The quantitative estimate of drug-likeness (QED) is 0.725. The van der Waals surface area contributed by atoms with Gasteiger partial charge in [0.2, 0.25) is 15.9 Å². The van der Waals surface area contributed by atoms with Crippen molar-refractivity contribution >= 4 is 21.6 Å². The molecule has 1 aliphatic heterocycles. The predicted octanol–water partition coefficient (Wildman–Crippen LogP) is -0.764. The third-order valence-corrected chi connectivity index (χ3v) is 4.93.